The highest BCUT2D eigenvalue weighted by atomic mass is 16.2. The molecule has 0 bridgehead atoms. The van der Waals surface area contributed by atoms with Crippen LogP contribution in [0.4, 0.5) is 4.79 Å². The quantitative estimate of drug-likeness (QED) is 0.862. The van der Waals surface area contributed by atoms with E-state index >= 15 is 0 Å². The molecule has 1 atom stereocenters. The number of nitrogens with one attached hydrogen (secondary N) is 2. The van der Waals surface area contributed by atoms with E-state index in [0.717, 1.165) is 36.9 Å². The van der Waals surface area contributed by atoms with E-state index in [1.165, 1.54) is 25.7 Å². The molecule has 2 fully saturated rings. The van der Waals surface area contributed by atoms with Gasteiger partial charge in [0.1, 0.15) is 0 Å². The Morgan fingerprint density at radius 3 is 2.88 bits per heavy atom. The van der Waals surface area contributed by atoms with Crippen molar-refractivity contribution in [3.8, 4) is 5.82 Å². The number of urea groups is 1. The number of hydrogen-bond acceptors (Lipinski definition) is 4. The lowest BCUT2D eigenvalue weighted by Gasteiger charge is -2.23. The number of carbonyl (C=O) groups excluding carboxylic acids is 1. The van der Waals surface area contributed by atoms with E-state index in [-0.39, 0.29) is 12.1 Å². The molecule has 26 heavy (non-hydrogen) atoms. The summed E-state index contributed by atoms with van der Waals surface area (Å²) in [5.41, 5.74) is 0.936. The summed E-state index contributed by atoms with van der Waals surface area (Å²) in [6.07, 6.45) is 11.7. The van der Waals surface area contributed by atoms with E-state index in [9.17, 15) is 4.79 Å². The Bertz CT molecular complexity index is 725. The van der Waals surface area contributed by atoms with Crippen molar-refractivity contribution in [2.75, 3.05) is 13.1 Å². The first-order valence-electron chi connectivity index (χ1n) is 9.52. The number of nitrogens with zero attached hydrogens (tertiary/aromatic N) is 4. The Kier molecular flexibility index (Phi) is 5.15. The van der Waals surface area contributed by atoms with Crippen LogP contribution in [0.2, 0.25) is 0 Å². The number of pyridine rings is 1. The summed E-state index contributed by atoms with van der Waals surface area (Å²) in [6, 6.07) is 6.56. The van der Waals surface area contributed by atoms with Gasteiger partial charge in [-0.2, -0.15) is 5.10 Å². The largest absolute Gasteiger partial charge is 0.334 e. The van der Waals surface area contributed by atoms with Gasteiger partial charge in [-0.3, -0.25) is 4.90 Å². The van der Waals surface area contributed by atoms with Crippen molar-refractivity contribution in [2.24, 2.45) is 0 Å². The highest BCUT2D eigenvalue weighted by Crippen LogP contribution is 2.26. The lowest BCUT2D eigenvalue weighted by atomic mass is 10.2. The lowest BCUT2D eigenvalue weighted by Crippen LogP contribution is -2.44. The molecule has 1 unspecified atom stereocenters. The molecule has 2 amide bonds. The third-order valence-corrected chi connectivity index (χ3v) is 5.42. The Morgan fingerprint density at radius 1 is 1.19 bits per heavy atom. The van der Waals surface area contributed by atoms with Crippen molar-refractivity contribution < 1.29 is 4.79 Å². The third-order valence-electron chi connectivity index (χ3n) is 5.42. The van der Waals surface area contributed by atoms with E-state index in [1.54, 1.807) is 17.1 Å². The van der Waals surface area contributed by atoms with Crippen LogP contribution >= 0.6 is 0 Å². The predicted molar refractivity (Wildman–Crippen MR) is 99.0 cm³/mol. The fourth-order valence-electron chi connectivity index (χ4n) is 4.09. The predicted octanol–water partition coefficient (Wildman–Crippen LogP) is 2.08. The topological polar surface area (TPSA) is 75.1 Å². The highest BCUT2D eigenvalue weighted by Gasteiger charge is 2.30. The maximum absolute atomic E-state index is 12.3. The summed E-state index contributed by atoms with van der Waals surface area (Å²) in [6.45, 7) is 2.50. The van der Waals surface area contributed by atoms with Gasteiger partial charge in [-0.1, -0.05) is 18.9 Å². The molecule has 1 aliphatic carbocycles. The average Bonchev–Trinajstić information content (AvgIpc) is 3.41. The monoisotopic (exact) mass is 354 g/mol. The second kappa shape index (κ2) is 7.86. The van der Waals surface area contributed by atoms with Gasteiger partial charge in [0, 0.05) is 55.9 Å². The first kappa shape index (κ1) is 17.0. The average molecular weight is 354 g/mol. The molecular formula is C19H26N6O. The second-order valence-electron chi connectivity index (χ2n) is 7.18. The Balaban J connectivity index is 1.28. The first-order valence-corrected chi connectivity index (χ1v) is 9.52. The van der Waals surface area contributed by atoms with Gasteiger partial charge in [-0.15, -0.1) is 0 Å². The van der Waals surface area contributed by atoms with Crippen molar-refractivity contribution in [3.05, 3.63) is 42.4 Å². The zero-order valence-corrected chi connectivity index (χ0v) is 15.0. The van der Waals surface area contributed by atoms with E-state index in [0.29, 0.717) is 6.54 Å². The summed E-state index contributed by atoms with van der Waals surface area (Å²) >= 11 is 0. The van der Waals surface area contributed by atoms with Gasteiger partial charge >= 0.3 is 6.03 Å². The number of hydrogen-bond donors (Lipinski definition) is 2. The number of amides is 2. The zero-order chi connectivity index (χ0) is 17.8. The van der Waals surface area contributed by atoms with E-state index in [2.05, 4.69) is 25.6 Å². The summed E-state index contributed by atoms with van der Waals surface area (Å²) in [4.78, 5) is 19.2. The molecule has 2 aromatic rings. The van der Waals surface area contributed by atoms with Crippen LogP contribution in [0.5, 0.6) is 0 Å². The van der Waals surface area contributed by atoms with Crippen LogP contribution in [0, 0.1) is 0 Å². The Hall–Kier alpha value is -2.41. The Morgan fingerprint density at radius 2 is 2.08 bits per heavy atom. The summed E-state index contributed by atoms with van der Waals surface area (Å²) in [5.74, 6) is 0.742. The molecule has 1 aliphatic heterocycles. The fourth-order valence-corrected chi connectivity index (χ4v) is 4.09. The number of likely N-dealkylation sites (tertiary alicyclic amines) is 1. The molecule has 0 spiro atoms. The van der Waals surface area contributed by atoms with Crippen LogP contribution in [-0.2, 0) is 6.54 Å². The summed E-state index contributed by atoms with van der Waals surface area (Å²) < 4.78 is 1.71. The third kappa shape index (κ3) is 3.88. The van der Waals surface area contributed by atoms with Gasteiger partial charge in [0.25, 0.3) is 0 Å². The number of aromatic nitrogens is 3. The minimum absolute atomic E-state index is 0.112. The molecule has 3 heterocycles. The molecule has 1 saturated heterocycles. The van der Waals surface area contributed by atoms with Crippen molar-refractivity contribution in [1.29, 1.82) is 0 Å². The van der Waals surface area contributed by atoms with Crippen LogP contribution in [0.3, 0.4) is 0 Å². The van der Waals surface area contributed by atoms with Crippen LogP contribution in [0.25, 0.3) is 5.82 Å². The molecule has 2 N–H and O–H groups in total. The van der Waals surface area contributed by atoms with Crippen molar-refractivity contribution in [1.82, 2.24) is 30.3 Å². The lowest BCUT2D eigenvalue weighted by molar-refractivity contribution is 0.227. The normalized spacial score (nSPS) is 21.2. The minimum atomic E-state index is -0.112. The SMILES string of the molecule is O=C(NCc1cccnc1-n1cccn1)NC1CCN(C2CCCC2)C1. The van der Waals surface area contributed by atoms with Crippen molar-refractivity contribution >= 4 is 6.03 Å². The van der Waals surface area contributed by atoms with Gasteiger partial charge in [-0.25, -0.2) is 14.5 Å². The van der Waals surface area contributed by atoms with Gasteiger partial charge in [0.2, 0.25) is 0 Å². The molecule has 1 saturated carbocycles. The van der Waals surface area contributed by atoms with Gasteiger partial charge in [-0.05, 0) is 31.4 Å². The van der Waals surface area contributed by atoms with Crippen LogP contribution in [0.15, 0.2) is 36.8 Å². The van der Waals surface area contributed by atoms with Crippen LogP contribution < -0.4 is 10.6 Å². The molecule has 138 valence electrons. The zero-order valence-electron chi connectivity index (χ0n) is 15.0. The molecule has 0 aromatic carbocycles. The maximum Gasteiger partial charge on any atom is 0.315 e. The van der Waals surface area contributed by atoms with E-state index < -0.39 is 0 Å². The first-order chi connectivity index (χ1) is 12.8. The summed E-state index contributed by atoms with van der Waals surface area (Å²) in [5, 5.41) is 10.3. The highest BCUT2D eigenvalue weighted by molar-refractivity contribution is 5.74. The molecule has 7 heteroatoms. The summed E-state index contributed by atoms with van der Waals surface area (Å²) in [7, 11) is 0. The molecule has 4 rings (SSSR count). The van der Waals surface area contributed by atoms with E-state index in [4.69, 9.17) is 0 Å². The van der Waals surface area contributed by atoms with Gasteiger partial charge < -0.3 is 10.6 Å². The van der Waals surface area contributed by atoms with Gasteiger partial charge in [0.05, 0.1) is 0 Å². The van der Waals surface area contributed by atoms with Gasteiger partial charge in [0.15, 0.2) is 5.82 Å². The maximum atomic E-state index is 12.3. The van der Waals surface area contributed by atoms with Crippen LogP contribution in [-0.4, -0.2) is 50.9 Å². The fraction of sp³-hybridized carbons (Fsp3) is 0.526. The van der Waals surface area contributed by atoms with E-state index in [1.807, 2.05) is 24.4 Å². The second-order valence-corrected chi connectivity index (χ2v) is 7.18. The number of rotatable bonds is 5. The van der Waals surface area contributed by atoms with Crippen molar-refractivity contribution in [2.45, 2.75) is 50.7 Å². The molecular weight excluding hydrogens is 328 g/mol. The number of carbonyl (C=O) groups is 1. The van der Waals surface area contributed by atoms with Crippen LogP contribution in [0.1, 0.15) is 37.7 Å². The molecule has 2 aromatic heterocycles. The standard InChI is InChI=1S/C19H26N6O/c26-19(23-16-8-12-24(14-16)17-6-1-2-7-17)21-13-15-5-3-9-20-18(15)25-11-4-10-22-25/h3-5,9-11,16-17H,1-2,6-8,12-14H2,(H2,21,23,26). The minimum Gasteiger partial charge on any atom is -0.334 e. The smallest absolute Gasteiger partial charge is 0.315 e. The van der Waals surface area contributed by atoms with Crippen molar-refractivity contribution in [3.63, 3.8) is 0 Å². The molecule has 7 nitrogen and oxygen atoms in total. The molecule has 0 radical (unpaired) electrons. The Labute approximate surface area is 153 Å². The molecule has 2 aliphatic rings.